The number of benzene rings is 1. The van der Waals surface area contributed by atoms with Gasteiger partial charge in [-0.25, -0.2) is 9.97 Å². The van der Waals surface area contributed by atoms with E-state index in [2.05, 4.69) is 47.4 Å². The van der Waals surface area contributed by atoms with Gasteiger partial charge in [0.05, 0.1) is 33.2 Å². The Bertz CT molecular complexity index is 1310. The standard InChI is InChI=1S/C28H36N6O2S/c1-4-18-12-21(14-30-25(18)29)31-26(35)28(36)34-15-17(2)7-9-23(34)19-8-10-24-22(13-19)32-27(37-24)20-6-5-11-33(3)16-20/h8,10,12-14,17,20,23H,4-7,9,11,15-16H2,1-3H3,(H2,29,30)(H,31,35)/t17-,20-,23+/m0/s1. The molecule has 0 bridgehead atoms. The van der Waals surface area contributed by atoms with E-state index in [9.17, 15) is 9.59 Å². The number of carbonyl (C=O) groups excluding carboxylic acids is 2. The van der Waals surface area contributed by atoms with E-state index in [-0.39, 0.29) is 6.04 Å². The minimum absolute atomic E-state index is 0.152. The van der Waals surface area contributed by atoms with Crippen molar-refractivity contribution in [3.63, 3.8) is 0 Å². The number of likely N-dealkylation sites (tertiary alicyclic amines) is 2. The van der Waals surface area contributed by atoms with Crippen molar-refractivity contribution in [2.45, 2.75) is 57.9 Å². The van der Waals surface area contributed by atoms with Crippen LogP contribution in [0.4, 0.5) is 11.5 Å². The second-order valence-electron chi connectivity index (χ2n) is 10.6. The van der Waals surface area contributed by atoms with Crippen LogP contribution in [0.15, 0.2) is 30.5 Å². The first kappa shape index (κ1) is 25.6. The number of piperidine rings is 2. The fourth-order valence-corrected chi connectivity index (χ4v) is 6.70. The number of hydrogen-bond acceptors (Lipinski definition) is 7. The summed E-state index contributed by atoms with van der Waals surface area (Å²) in [5.74, 6) is 0.0819. The molecule has 5 rings (SSSR count). The summed E-state index contributed by atoms with van der Waals surface area (Å²) in [6.07, 6.45) is 6.40. The number of hydrogen-bond donors (Lipinski definition) is 2. The highest BCUT2D eigenvalue weighted by atomic mass is 32.1. The maximum atomic E-state index is 13.4. The van der Waals surface area contributed by atoms with E-state index in [1.807, 2.05) is 6.92 Å². The number of anilines is 2. The zero-order chi connectivity index (χ0) is 26.1. The van der Waals surface area contributed by atoms with Crippen molar-refractivity contribution in [3.05, 3.63) is 46.6 Å². The molecule has 4 heterocycles. The molecule has 0 spiro atoms. The lowest BCUT2D eigenvalue weighted by atomic mass is 9.89. The van der Waals surface area contributed by atoms with Gasteiger partial charge in [-0.15, -0.1) is 11.3 Å². The normalized spacial score (nSPS) is 22.8. The minimum Gasteiger partial charge on any atom is -0.383 e. The largest absolute Gasteiger partial charge is 0.383 e. The second-order valence-corrected chi connectivity index (χ2v) is 11.7. The van der Waals surface area contributed by atoms with E-state index in [1.165, 1.54) is 28.7 Å². The molecule has 2 fully saturated rings. The smallest absolute Gasteiger partial charge is 0.313 e. The topological polar surface area (TPSA) is 104 Å². The van der Waals surface area contributed by atoms with Crippen molar-refractivity contribution in [2.75, 3.05) is 37.7 Å². The number of nitrogens with one attached hydrogen (secondary N) is 1. The van der Waals surface area contributed by atoms with Gasteiger partial charge < -0.3 is 20.9 Å². The Kier molecular flexibility index (Phi) is 7.44. The molecule has 2 aromatic heterocycles. The van der Waals surface area contributed by atoms with Gasteiger partial charge in [0, 0.05) is 19.0 Å². The van der Waals surface area contributed by atoms with Gasteiger partial charge in [0.2, 0.25) is 0 Å². The SMILES string of the molecule is CCc1cc(NC(=O)C(=O)N2C[C@@H](C)CC[C@@H]2c2ccc3sc([C@H]4CCCN(C)C4)nc3c2)cnc1N. The third-order valence-corrected chi connectivity index (χ3v) is 8.90. The summed E-state index contributed by atoms with van der Waals surface area (Å²) in [6, 6.07) is 7.99. The molecule has 37 heavy (non-hydrogen) atoms. The van der Waals surface area contributed by atoms with Gasteiger partial charge >= 0.3 is 11.8 Å². The molecular weight excluding hydrogens is 484 g/mol. The van der Waals surface area contributed by atoms with Crippen molar-refractivity contribution in [1.82, 2.24) is 19.8 Å². The Morgan fingerprint density at radius 1 is 1.19 bits per heavy atom. The van der Waals surface area contributed by atoms with E-state index >= 15 is 0 Å². The van der Waals surface area contributed by atoms with Crippen molar-refractivity contribution in [1.29, 1.82) is 0 Å². The maximum Gasteiger partial charge on any atom is 0.313 e. The molecule has 9 heteroatoms. The second kappa shape index (κ2) is 10.8. The van der Waals surface area contributed by atoms with Crippen LogP contribution in [0.2, 0.25) is 0 Å². The monoisotopic (exact) mass is 520 g/mol. The number of nitrogens with two attached hydrogens (primary N) is 1. The zero-order valence-corrected chi connectivity index (χ0v) is 22.7. The Hall–Kier alpha value is -3.04. The van der Waals surface area contributed by atoms with E-state index in [4.69, 9.17) is 10.7 Å². The number of nitrogens with zero attached hydrogens (tertiary/aromatic N) is 4. The lowest BCUT2D eigenvalue weighted by molar-refractivity contribution is -0.146. The van der Waals surface area contributed by atoms with E-state index < -0.39 is 11.8 Å². The molecule has 2 aliphatic heterocycles. The van der Waals surface area contributed by atoms with Crippen LogP contribution >= 0.6 is 11.3 Å². The fourth-order valence-electron chi connectivity index (χ4n) is 5.62. The summed E-state index contributed by atoms with van der Waals surface area (Å²) in [5.41, 5.74) is 9.24. The number of fused-ring (bicyclic) bond motifs is 1. The van der Waals surface area contributed by atoms with Crippen LogP contribution in [0.3, 0.4) is 0 Å². The van der Waals surface area contributed by atoms with Crippen LogP contribution in [0.1, 0.15) is 67.6 Å². The van der Waals surface area contributed by atoms with Crippen LogP contribution in [0, 0.1) is 5.92 Å². The number of aromatic nitrogens is 2. The van der Waals surface area contributed by atoms with Gasteiger partial charge in [0.1, 0.15) is 5.82 Å². The van der Waals surface area contributed by atoms with Crippen molar-refractivity contribution in [2.24, 2.45) is 5.92 Å². The Balaban J connectivity index is 1.36. The molecule has 0 unspecified atom stereocenters. The molecular formula is C28H36N6O2S. The van der Waals surface area contributed by atoms with E-state index in [1.54, 1.807) is 22.3 Å². The summed E-state index contributed by atoms with van der Waals surface area (Å²) < 4.78 is 1.18. The summed E-state index contributed by atoms with van der Waals surface area (Å²) in [4.78, 5) is 39.7. The number of aryl methyl sites for hydroxylation is 1. The average Bonchev–Trinajstić information content (AvgIpc) is 3.33. The third-order valence-electron chi connectivity index (χ3n) is 7.70. The molecule has 0 saturated carbocycles. The number of nitrogen functional groups attached to an aromatic ring is 1. The number of thiazole rings is 1. The molecule has 0 aliphatic carbocycles. The quantitative estimate of drug-likeness (QED) is 0.488. The van der Waals surface area contributed by atoms with E-state index in [0.29, 0.717) is 36.3 Å². The summed E-state index contributed by atoms with van der Waals surface area (Å²) in [7, 11) is 2.18. The molecule has 8 nitrogen and oxygen atoms in total. The highest BCUT2D eigenvalue weighted by Gasteiger charge is 2.34. The van der Waals surface area contributed by atoms with Crippen LogP contribution in [0.5, 0.6) is 0 Å². The van der Waals surface area contributed by atoms with Crippen LogP contribution < -0.4 is 11.1 Å². The van der Waals surface area contributed by atoms with Gasteiger partial charge in [-0.2, -0.15) is 0 Å². The Morgan fingerprint density at radius 3 is 2.81 bits per heavy atom. The number of likely N-dealkylation sites (N-methyl/N-ethyl adjacent to an activating group) is 1. The first-order chi connectivity index (χ1) is 17.8. The summed E-state index contributed by atoms with van der Waals surface area (Å²) >= 11 is 1.78. The molecule has 3 N–H and O–H groups in total. The fraction of sp³-hybridized carbons (Fsp3) is 0.500. The van der Waals surface area contributed by atoms with Crippen molar-refractivity contribution < 1.29 is 9.59 Å². The molecule has 3 aromatic rings. The number of rotatable bonds is 4. The minimum atomic E-state index is -0.647. The molecule has 2 saturated heterocycles. The summed E-state index contributed by atoms with van der Waals surface area (Å²) in [6.45, 7) is 6.85. The maximum absolute atomic E-state index is 13.4. The summed E-state index contributed by atoms with van der Waals surface area (Å²) in [5, 5.41) is 3.94. The molecule has 3 atom stereocenters. The predicted molar refractivity (Wildman–Crippen MR) is 149 cm³/mol. The van der Waals surface area contributed by atoms with E-state index in [0.717, 1.165) is 42.6 Å². The van der Waals surface area contributed by atoms with Gasteiger partial charge in [0.15, 0.2) is 0 Å². The lowest BCUT2D eigenvalue weighted by Crippen LogP contribution is -2.46. The van der Waals surface area contributed by atoms with Crippen LogP contribution in [-0.2, 0) is 16.0 Å². The number of pyridine rings is 1. The number of carbonyl (C=O) groups is 2. The predicted octanol–water partition coefficient (Wildman–Crippen LogP) is 4.58. The van der Waals surface area contributed by atoms with Gasteiger partial charge in [0.25, 0.3) is 0 Å². The van der Waals surface area contributed by atoms with Gasteiger partial charge in [-0.05, 0) is 80.9 Å². The highest BCUT2D eigenvalue weighted by molar-refractivity contribution is 7.18. The molecule has 196 valence electrons. The Morgan fingerprint density at radius 2 is 2.03 bits per heavy atom. The zero-order valence-electron chi connectivity index (χ0n) is 21.9. The molecule has 0 radical (unpaired) electrons. The Labute approximate surface area is 222 Å². The molecule has 2 aliphatic rings. The molecule has 2 amide bonds. The number of amides is 2. The third kappa shape index (κ3) is 5.48. The molecule has 1 aromatic carbocycles. The van der Waals surface area contributed by atoms with Gasteiger partial charge in [-0.3, -0.25) is 9.59 Å². The van der Waals surface area contributed by atoms with Crippen LogP contribution in [-0.4, -0.2) is 58.3 Å². The average molecular weight is 521 g/mol. The van der Waals surface area contributed by atoms with Crippen molar-refractivity contribution >= 4 is 44.9 Å². The highest BCUT2D eigenvalue weighted by Crippen LogP contribution is 2.37. The van der Waals surface area contributed by atoms with Gasteiger partial charge in [-0.1, -0.05) is 19.9 Å². The van der Waals surface area contributed by atoms with Crippen LogP contribution in [0.25, 0.3) is 10.2 Å². The first-order valence-corrected chi connectivity index (χ1v) is 14.1. The lowest BCUT2D eigenvalue weighted by Gasteiger charge is -2.38. The van der Waals surface area contributed by atoms with Crippen molar-refractivity contribution in [3.8, 4) is 0 Å². The first-order valence-electron chi connectivity index (χ1n) is 13.3.